The first-order valence-corrected chi connectivity index (χ1v) is 9.05. The van der Waals surface area contributed by atoms with Gasteiger partial charge in [0.05, 0.1) is 17.7 Å². The number of ether oxygens (including phenoxy) is 1. The van der Waals surface area contributed by atoms with Crippen molar-refractivity contribution in [2.24, 2.45) is 0 Å². The van der Waals surface area contributed by atoms with Crippen LogP contribution >= 0.6 is 15.9 Å². The Balaban J connectivity index is 2.03. The van der Waals surface area contributed by atoms with Gasteiger partial charge < -0.3 is 14.9 Å². The first-order valence-electron chi connectivity index (χ1n) is 7.92. The molecule has 2 aromatic rings. The number of carbonyl (C=O) groups excluding carboxylic acids is 2. The molecule has 3 rings (SSSR count). The fourth-order valence-corrected chi connectivity index (χ4v) is 3.34. The van der Waals surface area contributed by atoms with Crippen LogP contribution in [0.15, 0.2) is 24.3 Å². The highest BCUT2D eigenvalue weighted by molar-refractivity contribution is 9.09. The van der Waals surface area contributed by atoms with E-state index in [-0.39, 0.29) is 33.8 Å². The Kier molecular flexibility index (Phi) is 4.81. The van der Waals surface area contributed by atoms with Crippen molar-refractivity contribution in [2.75, 3.05) is 11.9 Å². The molecule has 25 heavy (non-hydrogen) atoms. The molecule has 130 valence electrons. The zero-order valence-electron chi connectivity index (χ0n) is 13.6. The van der Waals surface area contributed by atoms with Crippen molar-refractivity contribution >= 4 is 27.5 Å². The molecule has 1 aliphatic carbocycles. The maximum atomic E-state index is 12.8. The highest BCUT2D eigenvalue weighted by Crippen LogP contribution is 2.39. The molecule has 0 saturated heterocycles. The summed E-state index contributed by atoms with van der Waals surface area (Å²) < 4.78 is 5.58. The molecule has 0 aromatic heterocycles. The van der Waals surface area contributed by atoms with Crippen molar-refractivity contribution in [2.45, 2.75) is 19.8 Å². The number of ketones is 2. The number of hydrogen-bond acceptors (Lipinski definition) is 5. The van der Waals surface area contributed by atoms with Crippen LogP contribution in [0.5, 0.6) is 17.2 Å². The van der Waals surface area contributed by atoms with E-state index in [2.05, 4.69) is 15.9 Å². The lowest BCUT2D eigenvalue weighted by Crippen LogP contribution is -2.21. The number of carbonyl (C=O) groups is 2. The van der Waals surface area contributed by atoms with E-state index in [1.165, 1.54) is 18.2 Å². The average Bonchev–Trinajstić information content (AvgIpc) is 2.55. The van der Waals surface area contributed by atoms with E-state index in [0.717, 1.165) is 18.2 Å². The van der Waals surface area contributed by atoms with Crippen LogP contribution in [0.1, 0.15) is 50.2 Å². The van der Waals surface area contributed by atoms with Gasteiger partial charge in [0.1, 0.15) is 17.2 Å². The molecule has 0 radical (unpaired) electrons. The van der Waals surface area contributed by atoms with Gasteiger partial charge in [0.15, 0.2) is 5.78 Å². The quantitative estimate of drug-likeness (QED) is 0.499. The van der Waals surface area contributed by atoms with Gasteiger partial charge >= 0.3 is 0 Å². The lowest BCUT2D eigenvalue weighted by atomic mass is 9.82. The normalized spacial score (nSPS) is 12.7. The number of aromatic hydroxyl groups is 2. The van der Waals surface area contributed by atoms with Crippen LogP contribution in [0.3, 0.4) is 0 Å². The summed E-state index contributed by atoms with van der Waals surface area (Å²) in [5, 5.41) is 21.2. The lowest BCUT2D eigenvalue weighted by molar-refractivity contribution is 0.0973. The number of benzene rings is 2. The molecular weight excluding hydrogens is 388 g/mol. The molecule has 6 heteroatoms. The first-order chi connectivity index (χ1) is 11.9. The molecule has 0 fully saturated rings. The molecule has 0 bridgehead atoms. The molecule has 2 N–H and O–H groups in total. The van der Waals surface area contributed by atoms with E-state index in [1.807, 2.05) is 0 Å². The summed E-state index contributed by atoms with van der Waals surface area (Å²) in [6.45, 7) is 2.18. The van der Waals surface area contributed by atoms with Crippen LogP contribution < -0.4 is 4.74 Å². The maximum Gasteiger partial charge on any atom is 0.201 e. The third-order valence-corrected chi connectivity index (χ3v) is 4.65. The van der Waals surface area contributed by atoms with Gasteiger partial charge in [-0.2, -0.15) is 0 Å². The predicted molar refractivity (Wildman–Crippen MR) is 96.3 cm³/mol. The predicted octanol–water partition coefficient (Wildman–Crippen LogP) is 3.74. The molecule has 0 saturated carbocycles. The van der Waals surface area contributed by atoms with E-state index in [0.29, 0.717) is 17.9 Å². The van der Waals surface area contributed by atoms with Gasteiger partial charge in [0.25, 0.3) is 0 Å². The van der Waals surface area contributed by atoms with Crippen LogP contribution in [-0.4, -0.2) is 33.7 Å². The molecule has 2 aromatic carbocycles. The Morgan fingerprint density at radius 1 is 0.920 bits per heavy atom. The number of rotatable bonds is 5. The number of alkyl halides is 1. The molecule has 0 amide bonds. The van der Waals surface area contributed by atoms with E-state index in [9.17, 15) is 19.8 Å². The summed E-state index contributed by atoms with van der Waals surface area (Å²) in [5.74, 6) is -1.21. The second-order valence-corrected chi connectivity index (χ2v) is 6.77. The Morgan fingerprint density at radius 3 is 2.24 bits per heavy atom. The smallest absolute Gasteiger partial charge is 0.201 e. The van der Waals surface area contributed by atoms with Gasteiger partial charge in [-0.05, 0) is 43.5 Å². The minimum Gasteiger partial charge on any atom is -0.507 e. The lowest BCUT2D eigenvalue weighted by Gasteiger charge is -2.20. The zero-order valence-corrected chi connectivity index (χ0v) is 15.2. The van der Waals surface area contributed by atoms with Gasteiger partial charge in [-0.3, -0.25) is 9.59 Å². The Labute approximate surface area is 153 Å². The fraction of sp³-hybridized carbons (Fsp3) is 0.263. The second-order valence-electron chi connectivity index (χ2n) is 5.97. The minimum absolute atomic E-state index is 0.0654. The molecule has 0 spiro atoms. The summed E-state index contributed by atoms with van der Waals surface area (Å²) in [7, 11) is 0. The van der Waals surface area contributed by atoms with Crippen LogP contribution in [0.4, 0.5) is 0 Å². The summed E-state index contributed by atoms with van der Waals surface area (Å²) >= 11 is 3.34. The topological polar surface area (TPSA) is 83.8 Å². The standard InChI is InChI=1S/C19H17BrO5/c1-10-6-12-16(14(21)7-10)19(24)17-13(18(12)23)8-11(9-15(17)22)25-5-3-2-4-20/h6-9,21-22H,2-5H2,1H3. The zero-order chi connectivity index (χ0) is 18.1. The average molecular weight is 405 g/mol. The number of fused-ring (bicyclic) bond motifs is 2. The molecule has 5 nitrogen and oxygen atoms in total. The second kappa shape index (κ2) is 6.88. The number of hydrogen-bond donors (Lipinski definition) is 2. The van der Waals surface area contributed by atoms with Gasteiger partial charge in [-0.1, -0.05) is 15.9 Å². The largest absolute Gasteiger partial charge is 0.507 e. The highest BCUT2D eigenvalue weighted by atomic mass is 79.9. The van der Waals surface area contributed by atoms with Crippen molar-refractivity contribution < 1.29 is 24.5 Å². The monoisotopic (exact) mass is 404 g/mol. The van der Waals surface area contributed by atoms with Gasteiger partial charge in [0, 0.05) is 22.5 Å². The third-order valence-electron chi connectivity index (χ3n) is 4.09. The van der Waals surface area contributed by atoms with E-state index in [4.69, 9.17) is 4.74 Å². The molecular formula is C19H17BrO5. The van der Waals surface area contributed by atoms with Crippen LogP contribution in [0.2, 0.25) is 0 Å². The minimum atomic E-state index is -0.564. The highest BCUT2D eigenvalue weighted by Gasteiger charge is 2.35. The van der Waals surface area contributed by atoms with E-state index in [1.54, 1.807) is 13.0 Å². The van der Waals surface area contributed by atoms with Gasteiger partial charge in [-0.25, -0.2) is 0 Å². The first kappa shape index (κ1) is 17.5. The SMILES string of the molecule is Cc1cc(O)c2c(c1)C(=O)c1cc(OCCCCBr)cc(O)c1C2=O. The third kappa shape index (κ3) is 3.14. The van der Waals surface area contributed by atoms with Crippen LogP contribution in [-0.2, 0) is 0 Å². The van der Waals surface area contributed by atoms with Gasteiger partial charge in [0.2, 0.25) is 5.78 Å². The Hall–Kier alpha value is -2.34. The molecule has 0 unspecified atom stereocenters. The number of halogens is 1. The van der Waals surface area contributed by atoms with Crippen molar-refractivity contribution in [1.82, 2.24) is 0 Å². The van der Waals surface area contributed by atoms with Crippen molar-refractivity contribution in [3.05, 3.63) is 52.1 Å². The van der Waals surface area contributed by atoms with Crippen molar-refractivity contribution in [1.29, 1.82) is 0 Å². The number of unbranched alkanes of at least 4 members (excludes halogenated alkanes) is 1. The van der Waals surface area contributed by atoms with Crippen molar-refractivity contribution in [3.8, 4) is 17.2 Å². The maximum absolute atomic E-state index is 12.8. The van der Waals surface area contributed by atoms with Crippen LogP contribution in [0.25, 0.3) is 0 Å². The van der Waals surface area contributed by atoms with Crippen molar-refractivity contribution in [3.63, 3.8) is 0 Å². The van der Waals surface area contributed by atoms with Gasteiger partial charge in [-0.15, -0.1) is 0 Å². The number of phenols is 2. The fourth-order valence-electron chi connectivity index (χ4n) is 2.94. The number of phenolic OH excluding ortho intramolecular Hbond substituents is 2. The molecule has 1 aliphatic rings. The summed E-state index contributed by atoms with van der Waals surface area (Å²) in [6.07, 6.45) is 1.77. The summed E-state index contributed by atoms with van der Waals surface area (Å²) in [4.78, 5) is 25.5. The molecule has 0 aliphatic heterocycles. The molecule has 0 heterocycles. The Bertz CT molecular complexity index is 873. The molecule has 0 atom stereocenters. The number of aryl methyl sites for hydroxylation is 1. The van der Waals surface area contributed by atoms with E-state index < -0.39 is 11.6 Å². The van der Waals surface area contributed by atoms with Crippen LogP contribution in [0, 0.1) is 6.92 Å². The summed E-state index contributed by atoms with van der Waals surface area (Å²) in [6, 6.07) is 5.80. The summed E-state index contributed by atoms with van der Waals surface area (Å²) in [5.41, 5.74) is 0.755. The van der Waals surface area contributed by atoms with E-state index >= 15 is 0 Å². The Morgan fingerprint density at radius 2 is 1.56 bits per heavy atom.